The molecule has 0 amide bonds. The van der Waals surface area contributed by atoms with Crippen LogP contribution in [0.1, 0.15) is 31.4 Å². The Bertz CT molecular complexity index is 384. The SMILES string of the molecule is CN1CCCc2cccc(C(C)(C)CO)c21. The van der Waals surface area contributed by atoms with Gasteiger partial charge in [-0.3, -0.25) is 0 Å². The molecule has 1 aliphatic rings. The molecule has 0 atom stereocenters. The van der Waals surface area contributed by atoms with Crippen molar-refractivity contribution in [2.45, 2.75) is 32.1 Å². The molecule has 0 bridgehead atoms. The average Bonchev–Trinajstić information content (AvgIpc) is 2.29. The summed E-state index contributed by atoms with van der Waals surface area (Å²) in [6.45, 7) is 5.51. The summed E-state index contributed by atoms with van der Waals surface area (Å²) in [5.74, 6) is 0. The van der Waals surface area contributed by atoms with Crippen LogP contribution in [-0.2, 0) is 11.8 Å². The highest BCUT2D eigenvalue weighted by Gasteiger charge is 2.27. The van der Waals surface area contributed by atoms with Gasteiger partial charge < -0.3 is 10.0 Å². The lowest BCUT2D eigenvalue weighted by molar-refractivity contribution is 0.218. The average molecular weight is 219 g/mol. The second-order valence-electron chi connectivity index (χ2n) is 5.38. The number of nitrogens with zero attached hydrogens (tertiary/aromatic N) is 1. The van der Waals surface area contributed by atoms with Crippen molar-refractivity contribution in [2.24, 2.45) is 0 Å². The Morgan fingerprint density at radius 3 is 2.81 bits per heavy atom. The van der Waals surface area contributed by atoms with Crippen LogP contribution >= 0.6 is 0 Å². The van der Waals surface area contributed by atoms with Crippen molar-refractivity contribution in [1.82, 2.24) is 0 Å². The minimum absolute atomic E-state index is 0.156. The number of fused-ring (bicyclic) bond motifs is 1. The van der Waals surface area contributed by atoms with Gasteiger partial charge in [0.1, 0.15) is 0 Å². The fourth-order valence-corrected chi connectivity index (χ4v) is 2.49. The number of para-hydroxylation sites is 1. The molecule has 2 nitrogen and oxygen atoms in total. The summed E-state index contributed by atoms with van der Waals surface area (Å²) in [6, 6.07) is 6.48. The Labute approximate surface area is 97.9 Å². The first-order chi connectivity index (χ1) is 7.56. The van der Waals surface area contributed by atoms with Crippen LogP contribution in [0, 0.1) is 0 Å². The predicted molar refractivity (Wildman–Crippen MR) is 68.1 cm³/mol. The molecule has 0 saturated carbocycles. The Morgan fingerprint density at radius 2 is 2.12 bits per heavy atom. The Kier molecular flexibility index (Phi) is 2.94. The van der Waals surface area contributed by atoms with E-state index in [-0.39, 0.29) is 12.0 Å². The van der Waals surface area contributed by atoms with Gasteiger partial charge >= 0.3 is 0 Å². The number of aliphatic hydroxyl groups excluding tert-OH is 1. The van der Waals surface area contributed by atoms with Gasteiger partial charge in [0.05, 0.1) is 6.61 Å². The summed E-state index contributed by atoms with van der Waals surface area (Å²) in [4.78, 5) is 2.32. The number of hydrogen-bond acceptors (Lipinski definition) is 2. The molecule has 0 radical (unpaired) electrons. The molecule has 0 fully saturated rings. The highest BCUT2D eigenvalue weighted by molar-refractivity contribution is 5.63. The molecule has 1 heterocycles. The minimum Gasteiger partial charge on any atom is -0.395 e. The van der Waals surface area contributed by atoms with Crippen molar-refractivity contribution in [3.8, 4) is 0 Å². The Morgan fingerprint density at radius 1 is 1.38 bits per heavy atom. The van der Waals surface area contributed by atoms with Gasteiger partial charge in [0.2, 0.25) is 0 Å². The van der Waals surface area contributed by atoms with Crippen LogP contribution in [0.3, 0.4) is 0 Å². The molecule has 0 saturated heterocycles. The topological polar surface area (TPSA) is 23.5 Å². The van der Waals surface area contributed by atoms with Crippen molar-refractivity contribution in [2.75, 3.05) is 25.1 Å². The monoisotopic (exact) mass is 219 g/mol. The highest BCUT2D eigenvalue weighted by atomic mass is 16.3. The third-order valence-electron chi connectivity index (χ3n) is 3.57. The van der Waals surface area contributed by atoms with Gasteiger partial charge in [0, 0.05) is 24.7 Å². The van der Waals surface area contributed by atoms with Crippen LogP contribution in [0.4, 0.5) is 5.69 Å². The lowest BCUT2D eigenvalue weighted by atomic mass is 9.81. The number of rotatable bonds is 2. The van der Waals surface area contributed by atoms with Crippen LogP contribution in [0.2, 0.25) is 0 Å². The van der Waals surface area contributed by atoms with Crippen LogP contribution in [0.15, 0.2) is 18.2 Å². The largest absolute Gasteiger partial charge is 0.395 e. The number of anilines is 1. The second kappa shape index (κ2) is 4.10. The molecule has 16 heavy (non-hydrogen) atoms. The molecule has 2 rings (SSSR count). The van der Waals surface area contributed by atoms with E-state index in [2.05, 4.69) is 44.0 Å². The van der Waals surface area contributed by atoms with E-state index in [4.69, 9.17) is 0 Å². The zero-order valence-electron chi connectivity index (χ0n) is 10.5. The Hall–Kier alpha value is -1.02. The second-order valence-corrected chi connectivity index (χ2v) is 5.38. The van der Waals surface area contributed by atoms with Gasteiger partial charge in [-0.25, -0.2) is 0 Å². The van der Waals surface area contributed by atoms with Crippen LogP contribution in [0.5, 0.6) is 0 Å². The first-order valence-electron chi connectivity index (χ1n) is 6.00. The maximum atomic E-state index is 9.52. The quantitative estimate of drug-likeness (QED) is 0.825. The number of aliphatic hydroxyl groups is 1. The molecule has 88 valence electrons. The smallest absolute Gasteiger partial charge is 0.0523 e. The van der Waals surface area contributed by atoms with Gasteiger partial charge in [-0.1, -0.05) is 32.0 Å². The summed E-state index contributed by atoms with van der Waals surface area (Å²) in [7, 11) is 2.15. The fraction of sp³-hybridized carbons (Fsp3) is 0.571. The van der Waals surface area contributed by atoms with Crippen molar-refractivity contribution >= 4 is 5.69 Å². The summed E-state index contributed by atoms with van der Waals surface area (Å²) in [5.41, 5.74) is 3.88. The zero-order chi connectivity index (χ0) is 11.8. The maximum Gasteiger partial charge on any atom is 0.0523 e. The fourth-order valence-electron chi connectivity index (χ4n) is 2.49. The molecule has 0 aliphatic carbocycles. The number of aryl methyl sites for hydroxylation is 1. The van der Waals surface area contributed by atoms with E-state index in [0.717, 1.165) is 13.0 Å². The summed E-state index contributed by atoms with van der Waals surface area (Å²) in [5, 5.41) is 9.52. The molecular weight excluding hydrogens is 198 g/mol. The van der Waals surface area contributed by atoms with Gasteiger partial charge in [0.25, 0.3) is 0 Å². The zero-order valence-corrected chi connectivity index (χ0v) is 10.5. The Balaban J connectivity index is 2.54. The normalized spacial score (nSPS) is 16.1. The van der Waals surface area contributed by atoms with E-state index in [1.807, 2.05) is 0 Å². The molecule has 0 spiro atoms. The molecule has 0 aromatic heterocycles. The number of benzene rings is 1. The predicted octanol–water partition coefficient (Wildman–Crippen LogP) is 2.34. The van der Waals surface area contributed by atoms with Crippen molar-refractivity contribution in [3.05, 3.63) is 29.3 Å². The molecule has 2 heteroatoms. The van der Waals surface area contributed by atoms with Crippen molar-refractivity contribution < 1.29 is 5.11 Å². The highest BCUT2D eigenvalue weighted by Crippen LogP contribution is 2.36. The summed E-state index contributed by atoms with van der Waals surface area (Å²) < 4.78 is 0. The van der Waals surface area contributed by atoms with E-state index >= 15 is 0 Å². The van der Waals surface area contributed by atoms with Gasteiger partial charge in [-0.05, 0) is 24.0 Å². The third-order valence-corrected chi connectivity index (χ3v) is 3.57. The molecule has 0 unspecified atom stereocenters. The third kappa shape index (κ3) is 1.82. The molecular formula is C14H21NO. The maximum absolute atomic E-state index is 9.52. The molecule has 1 N–H and O–H groups in total. The first-order valence-corrected chi connectivity index (χ1v) is 6.00. The summed E-state index contributed by atoms with van der Waals surface area (Å²) in [6.07, 6.45) is 2.39. The van der Waals surface area contributed by atoms with Crippen LogP contribution in [-0.4, -0.2) is 25.3 Å². The van der Waals surface area contributed by atoms with Crippen LogP contribution in [0.25, 0.3) is 0 Å². The summed E-state index contributed by atoms with van der Waals surface area (Å²) >= 11 is 0. The van der Waals surface area contributed by atoms with E-state index in [1.165, 1.54) is 23.2 Å². The lowest BCUT2D eigenvalue weighted by Gasteiger charge is -2.35. The van der Waals surface area contributed by atoms with E-state index in [9.17, 15) is 5.11 Å². The molecule has 1 aromatic carbocycles. The van der Waals surface area contributed by atoms with Crippen LogP contribution < -0.4 is 4.90 Å². The lowest BCUT2D eigenvalue weighted by Crippen LogP contribution is -2.31. The standard InChI is InChI=1S/C14H21NO/c1-14(2,10-16)12-8-4-6-11-7-5-9-15(3)13(11)12/h4,6,8,16H,5,7,9-10H2,1-3H3. The van der Waals surface area contributed by atoms with Crippen molar-refractivity contribution in [1.29, 1.82) is 0 Å². The molecule has 1 aromatic rings. The van der Waals surface area contributed by atoms with Gasteiger partial charge in [-0.2, -0.15) is 0 Å². The van der Waals surface area contributed by atoms with E-state index in [0.29, 0.717) is 0 Å². The molecule has 1 aliphatic heterocycles. The number of hydrogen-bond donors (Lipinski definition) is 1. The van der Waals surface area contributed by atoms with Gasteiger partial charge in [-0.15, -0.1) is 0 Å². The van der Waals surface area contributed by atoms with Gasteiger partial charge in [0.15, 0.2) is 0 Å². The van der Waals surface area contributed by atoms with E-state index in [1.54, 1.807) is 0 Å². The van der Waals surface area contributed by atoms with Crippen molar-refractivity contribution in [3.63, 3.8) is 0 Å². The first kappa shape index (κ1) is 11.5. The minimum atomic E-state index is -0.156. The van der Waals surface area contributed by atoms with E-state index < -0.39 is 0 Å².